The number of esters is 1. The van der Waals surface area contributed by atoms with E-state index in [1.165, 1.54) is 0 Å². The third-order valence-corrected chi connectivity index (χ3v) is 2.42. The molecule has 76 valence electrons. The second kappa shape index (κ2) is 5.67. The minimum atomic E-state index is -0.317. The van der Waals surface area contributed by atoms with E-state index in [9.17, 15) is 4.79 Å². The summed E-state index contributed by atoms with van der Waals surface area (Å²) in [7, 11) is 0. The molecule has 0 spiro atoms. The molecule has 0 bridgehead atoms. The molecule has 0 heterocycles. The SMILES string of the molecule is CSc1ccc(C(=O)OCCN)cc1. The van der Waals surface area contributed by atoms with E-state index in [2.05, 4.69) is 0 Å². The van der Waals surface area contributed by atoms with Gasteiger partial charge in [-0.1, -0.05) is 0 Å². The Hall–Kier alpha value is -1.00. The van der Waals surface area contributed by atoms with Gasteiger partial charge in [0.05, 0.1) is 5.56 Å². The van der Waals surface area contributed by atoms with E-state index in [-0.39, 0.29) is 12.6 Å². The van der Waals surface area contributed by atoms with Crippen molar-refractivity contribution in [1.82, 2.24) is 0 Å². The third-order valence-electron chi connectivity index (χ3n) is 1.68. The molecule has 2 N–H and O–H groups in total. The normalized spacial score (nSPS) is 9.86. The molecule has 1 aromatic rings. The van der Waals surface area contributed by atoms with Gasteiger partial charge < -0.3 is 10.5 Å². The lowest BCUT2D eigenvalue weighted by atomic mass is 10.2. The lowest BCUT2D eigenvalue weighted by molar-refractivity contribution is 0.0516. The van der Waals surface area contributed by atoms with Crippen LogP contribution in [0.15, 0.2) is 29.2 Å². The van der Waals surface area contributed by atoms with Crippen LogP contribution in [0.2, 0.25) is 0 Å². The smallest absolute Gasteiger partial charge is 0.338 e. The molecule has 0 amide bonds. The fourth-order valence-electron chi connectivity index (χ4n) is 0.962. The first-order chi connectivity index (χ1) is 6.77. The molecule has 1 rings (SSSR count). The van der Waals surface area contributed by atoms with E-state index in [1.54, 1.807) is 23.9 Å². The minimum absolute atomic E-state index is 0.267. The van der Waals surface area contributed by atoms with E-state index in [4.69, 9.17) is 10.5 Å². The van der Waals surface area contributed by atoms with E-state index in [1.807, 2.05) is 18.4 Å². The fourth-order valence-corrected chi connectivity index (χ4v) is 1.37. The summed E-state index contributed by atoms with van der Waals surface area (Å²) >= 11 is 1.63. The zero-order chi connectivity index (χ0) is 10.4. The summed E-state index contributed by atoms with van der Waals surface area (Å²) in [6.45, 7) is 0.623. The Balaban J connectivity index is 2.62. The molecule has 0 unspecified atom stereocenters. The van der Waals surface area contributed by atoms with Crippen LogP contribution in [0.3, 0.4) is 0 Å². The van der Waals surface area contributed by atoms with Gasteiger partial charge >= 0.3 is 5.97 Å². The first-order valence-electron chi connectivity index (χ1n) is 4.29. The Morgan fingerprint density at radius 2 is 2.07 bits per heavy atom. The first-order valence-corrected chi connectivity index (χ1v) is 5.51. The van der Waals surface area contributed by atoms with Gasteiger partial charge in [0.2, 0.25) is 0 Å². The zero-order valence-electron chi connectivity index (χ0n) is 8.03. The molecular formula is C10H13NO2S. The minimum Gasteiger partial charge on any atom is -0.461 e. The van der Waals surface area contributed by atoms with Crippen LogP contribution in [0.5, 0.6) is 0 Å². The van der Waals surface area contributed by atoms with Gasteiger partial charge in [-0.15, -0.1) is 11.8 Å². The Labute approximate surface area is 87.6 Å². The summed E-state index contributed by atoms with van der Waals surface area (Å²) in [5, 5.41) is 0. The van der Waals surface area contributed by atoms with Crippen molar-refractivity contribution < 1.29 is 9.53 Å². The second-order valence-electron chi connectivity index (χ2n) is 2.65. The maximum Gasteiger partial charge on any atom is 0.338 e. The molecule has 0 saturated heterocycles. The molecule has 0 radical (unpaired) electrons. The molecular weight excluding hydrogens is 198 g/mol. The summed E-state index contributed by atoms with van der Waals surface area (Å²) in [5.41, 5.74) is 5.79. The van der Waals surface area contributed by atoms with Crippen LogP contribution >= 0.6 is 11.8 Å². The van der Waals surface area contributed by atoms with Crippen LogP contribution in [0.25, 0.3) is 0 Å². The molecule has 14 heavy (non-hydrogen) atoms. The molecule has 0 aliphatic carbocycles. The molecule has 0 atom stereocenters. The lowest BCUT2D eigenvalue weighted by Gasteiger charge is -2.03. The molecule has 0 aromatic heterocycles. The van der Waals surface area contributed by atoms with Crippen molar-refractivity contribution in [3.8, 4) is 0 Å². The van der Waals surface area contributed by atoms with Crippen LogP contribution in [-0.2, 0) is 4.74 Å². The van der Waals surface area contributed by atoms with Crippen LogP contribution in [0, 0.1) is 0 Å². The maximum absolute atomic E-state index is 11.3. The van der Waals surface area contributed by atoms with Gasteiger partial charge in [0.25, 0.3) is 0 Å². The van der Waals surface area contributed by atoms with E-state index < -0.39 is 0 Å². The molecule has 0 aliphatic heterocycles. The summed E-state index contributed by atoms with van der Waals surface area (Å²) in [6, 6.07) is 7.29. The molecule has 4 heteroatoms. The summed E-state index contributed by atoms with van der Waals surface area (Å²) < 4.78 is 4.88. The largest absolute Gasteiger partial charge is 0.461 e. The van der Waals surface area contributed by atoms with Gasteiger partial charge in [-0.25, -0.2) is 4.79 Å². The summed E-state index contributed by atoms with van der Waals surface area (Å²) in [6.07, 6.45) is 1.99. The number of carbonyl (C=O) groups is 1. The second-order valence-corrected chi connectivity index (χ2v) is 3.53. The standard InChI is InChI=1S/C10H13NO2S/c1-14-9-4-2-8(3-5-9)10(12)13-7-6-11/h2-5H,6-7,11H2,1H3. The third kappa shape index (κ3) is 3.05. The van der Waals surface area contributed by atoms with Crippen molar-refractivity contribution >= 4 is 17.7 Å². The van der Waals surface area contributed by atoms with Crippen molar-refractivity contribution in [1.29, 1.82) is 0 Å². The van der Waals surface area contributed by atoms with Gasteiger partial charge in [0.1, 0.15) is 6.61 Å². The highest BCUT2D eigenvalue weighted by atomic mass is 32.2. The van der Waals surface area contributed by atoms with Gasteiger partial charge in [-0.2, -0.15) is 0 Å². The Kier molecular flexibility index (Phi) is 4.49. The monoisotopic (exact) mass is 211 g/mol. The molecule has 3 nitrogen and oxygen atoms in total. The van der Waals surface area contributed by atoms with Gasteiger partial charge in [-0.05, 0) is 30.5 Å². The highest BCUT2D eigenvalue weighted by molar-refractivity contribution is 7.98. The van der Waals surface area contributed by atoms with Crippen molar-refractivity contribution in [2.75, 3.05) is 19.4 Å². The Morgan fingerprint density at radius 3 is 2.57 bits per heavy atom. The predicted molar refractivity (Wildman–Crippen MR) is 57.6 cm³/mol. The average Bonchev–Trinajstić information content (AvgIpc) is 2.26. The number of nitrogens with two attached hydrogens (primary N) is 1. The Morgan fingerprint density at radius 1 is 1.43 bits per heavy atom. The van der Waals surface area contributed by atoms with E-state index in [0.717, 1.165) is 4.90 Å². The highest BCUT2D eigenvalue weighted by Crippen LogP contribution is 2.15. The van der Waals surface area contributed by atoms with Gasteiger partial charge in [-0.3, -0.25) is 0 Å². The number of thioether (sulfide) groups is 1. The molecule has 0 saturated carbocycles. The average molecular weight is 211 g/mol. The van der Waals surface area contributed by atoms with Gasteiger partial charge in [0, 0.05) is 11.4 Å². The molecule has 0 fully saturated rings. The van der Waals surface area contributed by atoms with E-state index >= 15 is 0 Å². The lowest BCUT2D eigenvalue weighted by Crippen LogP contribution is -2.13. The van der Waals surface area contributed by atoms with Crippen LogP contribution in [-0.4, -0.2) is 25.4 Å². The number of rotatable bonds is 4. The number of benzene rings is 1. The molecule has 0 aliphatic rings. The maximum atomic E-state index is 11.3. The van der Waals surface area contributed by atoms with Crippen molar-refractivity contribution in [2.45, 2.75) is 4.90 Å². The summed E-state index contributed by atoms with van der Waals surface area (Å²) in [5.74, 6) is -0.317. The topological polar surface area (TPSA) is 52.3 Å². The first kappa shape index (κ1) is 11.1. The quantitative estimate of drug-likeness (QED) is 0.606. The number of carbonyl (C=O) groups excluding carboxylic acids is 1. The van der Waals surface area contributed by atoms with Crippen LogP contribution < -0.4 is 5.73 Å². The van der Waals surface area contributed by atoms with Crippen molar-refractivity contribution in [2.24, 2.45) is 5.73 Å². The Bertz CT molecular complexity index is 297. The number of ether oxygens (including phenoxy) is 1. The zero-order valence-corrected chi connectivity index (χ0v) is 8.84. The van der Waals surface area contributed by atoms with Crippen molar-refractivity contribution in [3.63, 3.8) is 0 Å². The fraction of sp³-hybridized carbons (Fsp3) is 0.300. The predicted octanol–water partition coefficient (Wildman–Crippen LogP) is 1.52. The summed E-state index contributed by atoms with van der Waals surface area (Å²) in [4.78, 5) is 12.4. The number of hydrogen-bond acceptors (Lipinski definition) is 4. The van der Waals surface area contributed by atoms with Crippen LogP contribution in [0.4, 0.5) is 0 Å². The molecule has 1 aromatic carbocycles. The highest BCUT2D eigenvalue weighted by Gasteiger charge is 2.05. The van der Waals surface area contributed by atoms with Crippen LogP contribution in [0.1, 0.15) is 10.4 Å². The van der Waals surface area contributed by atoms with E-state index in [0.29, 0.717) is 12.1 Å². The van der Waals surface area contributed by atoms with Crippen molar-refractivity contribution in [3.05, 3.63) is 29.8 Å². The van der Waals surface area contributed by atoms with Gasteiger partial charge in [0.15, 0.2) is 0 Å². The number of hydrogen-bond donors (Lipinski definition) is 1.